The normalized spacial score (nSPS) is 15.2. The number of alkyl halides is 3. The lowest BCUT2D eigenvalue weighted by Gasteiger charge is -2.16. The fraction of sp³-hybridized carbons (Fsp3) is 0.600. The van der Waals surface area contributed by atoms with Crippen molar-refractivity contribution in [3.63, 3.8) is 0 Å². The average molecular weight is 281 g/mol. The second-order valence-electron chi connectivity index (χ2n) is 3.83. The van der Waals surface area contributed by atoms with Gasteiger partial charge in [-0.15, -0.1) is 11.3 Å². The summed E-state index contributed by atoms with van der Waals surface area (Å²) in [6, 6.07) is -1.24. The molecular formula is C10H14F3N3OS. The quantitative estimate of drug-likeness (QED) is 0.887. The predicted molar refractivity (Wildman–Crippen MR) is 61.9 cm³/mol. The van der Waals surface area contributed by atoms with Crippen molar-refractivity contribution in [1.29, 1.82) is 0 Å². The van der Waals surface area contributed by atoms with Gasteiger partial charge in [0.15, 0.2) is 5.69 Å². The van der Waals surface area contributed by atoms with E-state index in [-0.39, 0.29) is 5.01 Å². The Kier molecular flexibility index (Phi) is 4.69. The summed E-state index contributed by atoms with van der Waals surface area (Å²) in [4.78, 5) is 14.9. The molecule has 0 bridgehead atoms. The predicted octanol–water partition coefficient (Wildman–Crippen LogP) is 2.08. The Morgan fingerprint density at radius 1 is 1.61 bits per heavy atom. The zero-order chi connectivity index (χ0) is 13.9. The Labute approximate surface area is 106 Å². The Bertz CT molecular complexity index is 417. The highest BCUT2D eigenvalue weighted by Gasteiger charge is 2.34. The minimum absolute atomic E-state index is 0.235. The van der Waals surface area contributed by atoms with Crippen LogP contribution in [0, 0.1) is 0 Å². The van der Waals surface area contributed by atoms with Gasteiger partial charge in [-0.25, -0.2) is 4.98 Å². The molecule has 18 heavy (non-hydrogen) atoms. The first-order valence-electron chi connectivity index (χ1n) is 5.34. The number of carbonyl (C=O) groups is 1. The first kappa shape index (κ1) is 14.9. The lowest BCUT2D eigenvalue weighted by atomic mass is 10.2. The molecule has 1 aromatic rings. The summed E-state index contributed by atoms with van der Waals surface area (Å²) in [6.45, 7) is 3.26. The third-order valence-electron chi connectivity index (χ3n) is 2.25. The molecule has 0 spiro atoms. The highest BCUT2D eigenvalue weighted by Crippen LogP contribution is 2.32. The molecule has 0 aromatic carbocycles. The van der Waals surface area contributed by atoms with E-state index in [1.54, 1.807) is 6.92 Å². The van der Waals surface area contributed by atoms with Crippen LogP contribution in [0.15, 0.2) is 5.38 Å². The van der Waals surface area contributed by atoms with Gasteiger partial charge in [0.2, 0.25) is 5.91 Å². The minimum atomic E-state index is -4.46. The molecule has 2 atom stereocenters. The van der Waals surface area contributed by atoms with Crippen molar-refractivity contribution in [2.45, 2.75) is 38.5 Å². The molecule has 4 nitrogen and oxygen atoms in total. The van der Waals surface area contributed by atoms with Gasteiger partial charge in [0.05, 0.1) is 12.1 Å². The van der Waals surface area contributed by atoms with E-state index < -0.39 is 29.9 Å². The summed E-state index contributed by atoms with van der Waals surface area (Å²) in [5, 5.41) is 3.74. The van der Waals surface area contributed by atoms with E-state index in [9.17, 15) is 18.0 Å². The topological polar surface area (TPSA) is 68.0 Å². The highest BCUT2D eigenvalue weighted by molar-refractivity contribution is 7.09. The van der Waals surface area contributed by atoms with Crippen molar-refractivity contribution in [1.82, 2.24) is 10.3 Å². The van der Waals surface area contributed by atoms with Crippen molar-refractivity contribution in [2.24, 2.45) is 5.73 Å². The van der Waals surface area contributed by atoms with Crippen molar-refractivity contribution >= 4 is 17.2 Å². The molecule has 1 heterocycles. The van der Waals surface area contributed by atoms with Gasteiger partial charge in [0, 0.05) is 5.38 Å². The smallest absolute Gasteiger partial charge is 0.346 e. The van der Waals surface area contributed by atoms with E-state index in [4.69, 9.17) is 5.73 Å². The van der Waals surface area contributed by atoms with E-state index in [0.29, 0.717) is 6.42 Å². The molecule has 1 unspecified atom stereocenters. The maximum Gasteiger partial charge on any atom is 0.434 e. The van der Waals surface area contributed by atoms with Crippen molar-refractivity contribution < 1.29 is 18.0 Å². The average Bonchev–Trinajstić information content (AvgIpc) is 2.73. The summed E-state index contributed by atoms with van der Waals surface area (Å²) in [5.74, 6) is -0.411. The van der Waals surface area contributed by atoms with Gasteiger partial charge >= 0.3 is 6.18 Å². The molecule has 1 amide bonds. The first-order chi connectivity index (χ1) is 8.25. The lowest BCUT2D eigenvalue weighted by molar-refractivity contribution is -0.140. The molecule has 0 aliphatic rings. The Morgan fingerprint density at radius 3 is 2.61 bits per heavy atom. The molecule has 1 aromatic heterocycles. The molecular weight excluding hydrogens is 267 g/mol. The van der Waals surface area contributed by atoms with Crippen molar-refractivity contribution in [3.05, 3.63) is 16.1 Å². The van der Waals surface area contributed by atoms with Crippen LogP contribution in [0.2, 0.25) is 0 Å². The summed E-state index contributed by atoms with van der Waals surface area (Å²) >= 11 is 0.876. The van der Waals surface area contributed by atoms with Crippen LogP contribution >= 0.6 is 11.3 Å². The van der Waals surface area contributed by atoms with Crippen LogP contribution in [0.1, 0.15) is 37.0 Å². The summed E-state index contributed by atoms with van der Waals surface area (Å²) in [7, 11) is 0. The zero-order valence-corrected chi connectivity index (χ0v) is 10.7. The van der Waals surface area contributed by atoms with E-state index >= 15 is 0 Å². The standard InChI is InChI=1S/C10H14F3N3OS/c1-3-6(15-8(17)5(2)14)9-16-7(4-18-9)10(11,12)13/h4-6H,3,14H2,1-2H3,(H,15,17)/t5-,6?/m1/s1. The maximum absolute atomic E-state index is 12.4. The van der Waals surface area contributed by atoms with Crippen LogP contribution in [0.4, 0.5) is 13.2 Å². The fourth-order valence-corrected chi connectivity index (χ4v) is 2.18. The van der Waals surface area contributed by atoms with Crippen LogP contribution in [0.5, 0.6) is 0 Å². The number of hydrogen-bond acceptors (Lipinski definition) is 4. The maximum atomic E-state index is 12.4. The zero-order valence-electron chi connectivity index (χ0n) is 9.91. The molecule has 0 saturated carbocycles. The number of aromatic nitrogens is 1. The van der Waals surface area contributed by atoms with Crippen LogP contribution in [0.3, 0.4) is 0 Å². The van der Waals surface area contributed by atoms with Crippen LogP contribution in [-0.4, -0.2) is 16.9 Å². The van der Waals surface area contributed by atoms with Crippen molar-refractivity contribution in [3.8, 4) is 0 Å². The van der Waals surface area contributed by atoms with Crippen molar-refractivity contribution in [2.75, 3.05) is 0 Å². The molecule has 8 heteroatoms. The van der Waals surface area contributed by atoms with E-state index in [1.165, 1.54) is 6.92 Å². The van der Waals surface area contributed by atoms with Crippen LogP contribution in [-0.2, 0) is 11.0 Å². The number of nitrogens with zero attached hydrogens (tertiary/aromatic N) is 1. The molecule has 0 saturated heterocycles. The second-order valence-corrected chi connectivity index (χ2v) is 4.72. The first-order valence-corrected chi connectivity index (χ1v) is 6.22. The number of carbonyl (C=O) groups excluding carboxylic acids is 1. The molecule has 0 aliphatic carbocycles. The van der Waals surface area contributed by atoms with Gasteiger partial charge in [-0.05, 0) is 13.3 Å². The minimum Gasteiger partial charge on any atom is -0.346 e. The van der Waals surface area contributed by atoms with Crippen LogP contribution < -0.4 is 11.1 Å². The molecule has 102 valence electrons. The van der Waals surface area contributed by atoms with E-state index in [2.05, 4.69) is 10.3 Å². The third-order valence-corrected chi connectivity index (χ3v) is 3.21. The number of nitrogens with one attached hydrogen (secondary N) is 1. The number of amides is 1. The summed E-state index contributed by atoms with van der Waals surface area (Å²) in [5.41, 5.74) is 4.45. The number of nitrogens with two attached hydrogens (primary N) is 1. The molecule has 0 aliphatic heterocycles. The number of rotatable bonds is 4. The largest absolute Gasteiger partial charge is 0.434 e. The number of thiazole rings is 1. The Morgan fingerprint density at radius 2 is 2.22 bits per heavy atom. The molecule has 0 fully saturated rings. The van der Waals surface area contributed by atoms with Gasteiger partial charge in [-0.3, -0.25) is 4.79 Å². The SMILES string of the molecule is CCC(NC(=O)[C@@H](C)N)c1nc(C(F)(F)F)cs1. The van der Waals surface area contributed by atoms with Gasteiger partial charge < -0.3 is 11.1 Å². The van der Waals surface area contributed by atoms with Crippen LogP contribution in [0.25, 0.3) is 0 Å². The molecule has 0 radical (unpaired) electrons. The summed E-state index contributed by atoms with van der Waals surface area (Å²) < 4.78 is 37.2. The van der Waals surface area contributed by atoms with Gasteiger partial charge in [-0.2, -0.15) is 13.2 Å². The van der Waals surface area contributed by atoms with Gasteiger partial charge in [0.1, 0.15) is 5.01 Å². The number of halogens is 3. The third kappa shape index (κ3) is 3.67. The van der Waals surface area contributed by atoms with E-state index in [1.807, 2.05) is 0 Å². The highest BCUT2D eigenvalue weighted by atomic mass is 32.1. The van der Waals surface area contributed by atoms with Gasteiger partial charge in [0.25, 0.3) is 0 Å². The van der Waals surface area contributed by atoms with E-state index in [0.717, 1.165) is 16.7 Å². The number of hydrogen-bond donors (Lipinski definition) is 2. The van der Waals surface area contributed by atoms with Gasteiger partial charge in [-0.1, -0.05) is 6.92 Å². The second kappa shape index (κ2) is 5.66. The molecule has 3 N–H and O–H groups in total. The monoisotopic (exact) mass is 281 g/mol. The Hall–Kier alpha value is -1.15. The molecule has 1 rings (SSSR count). The fourth-order valence-electron chi connectivity index (χ4n) is 1.22. The Balaban J connectivity index is 2.83. The lowest BCUT2D eigenvalue weighted by Crippen LogP contribution is -2.40. The summed E-state index contributed by atoms with van der Waals surface area (Å²) in [6.07, 6.45) is -4.01.